The van der Waals surface area contributed by atoms with Crippen molar-refractivity contribution >= 4 is 34.4 Å². The van der Waals surface area contributed by atoms with Crippen LogP contribution in [0.25, 0.3) is 0 Å². The van der Waals surface area contributed by atoms with E-state index in [0.717, 1.165) is 16.7 Å². The average molecular weight is 339 g/mol. The van der Waals surface area contributed by atoms with Crippen LogP contribution in [-0.4, -0.2) is 10.7 Å². The summed E-state index contributed by atoms with van der Waals surface area (Å²) in [5, 5.41) is 0.782. The molecule has 1 aromatic heterocycles. The molecule has 15 heavy (non-hydrogen) atoms. The van der Waals surface area contributed by atoms with Gasteiger partial charge < -0.3 is 4.42 Å². The van der Waals surface area contributed by atoms with E-state index in [0.29, 0.717) is 5.41 Å². The van der Waals surface area contributed by atoms with E-state index in [2.05, 4.69) is 62.2 Å². The summed E-state index contributed by atoms with van der Waals surface area (Å²) < 4.78 is 5.71. The number of nitrogens with zero attached hydrogens (tertiary/aromatic N) is 1. The van der Waals surface area contributed by atoms with Crippen LogP contribution in [0, 0.1) is 5.41 Å². The second kappa shape index (κ2) is 4.65. The molecule has 0 N–H and O–H groups in total. The third-order valence-electron chi connectivity index (χ3n) is 1.70. The maximum atomic E-state index is 5.69. The SMILES string of the molecule is CC(C)(C)CSc1ncc(C(C)(C)I)o1. The van der Waals surface area contributed by atoms with Gasteiger partial charge in [-0.25, -0.2) is 4.98 Å². The van der Waals surface area contributed by atoms with Crippen LogP contribution in [0.5, 0.6) is 0 Å². The first-order valence-electron chi connectivity index (χ1n) is 4.96. The van der Waals surface area contributed by atoms with Crippen molar-refractivity contribution in [2.24, 2.45) is 5.41 Å². The minimum absolute atomic E-state index is 0.0191. The zero-order chi connectivity index (χ0) is 11.7. The molecule has 0 aliphatic carbocycles. The molecule has 0 spiro atoms. The predicted octanol–water partition coefficient (Wildman–Crippen LogP) is 4.48. The molecular formula is C11H18INOS. The van der Waals surface area contributed by atoms with Gasteiger partial charge in [0.1, 0.15) is 5.76 Å². The summed E-state index contributed by atoms with van der Waals surface area (Å²) in [6, 6.07) is 0. The van der Waals surface area contributed by atoms with Crippen molar-refractivity contribution in [2.75, 3.05) is 5.75 Å². The van der Waals surface area contributed by atoms with E-state index in [1.807, 2.05) is 6.20 Å². The van der Waals surface area contributed by atoms with Gasteiger partial charge in [-0.15, -0.1) is 0 Å². The van der Waals surface area contributed by atoms with E-state index >= 15 is 0 Å². The Kier molecular flexibility index (Phi) is 4.14. The van der Waals surface area contributed by atoms with E-state index < -0.39 is 0 Å². The van der Waals surface area contributed by atoms with E-state index in [1.165, 1.54) is 0 Å². The molecule has 2 nitrogen and oxygen atoms in total. The molecule has 0 radical (unpaired) electrons. The minimum atomic E-state index is 0.0191. The lowest BCUT2D eigenvalue weighted by atomic mass is 10.0. The maximum Gasteiger partial charge on any atom is 0.255 e. The summed E-state index contributed by atoms with van der Waals surface area (Å²) in [6.07, 6.45) is 1.83. The smallest absolute Gasteiger partial charge is 0.255 e. The zero-order valence-corrected chi connectivity index (χ0v) is 12.9. The fraction of sp³-hybridized carbons (Fsp3) is 0.727. The van der Waals surface area contributed by atoms with Gasteiger partial charge in [0.05, 0.1) is 9.62 Å². The number of halogens is 1. The molecule has 4 heteroatoms. The van der Waals surface area contributed by atoms with Crippen molar-refractivity contribution in [2.45, 2.75) is 43.3 Å². The summed E-state index contributed by atoms with van der Waals surface area (Å²) in [5.41, 5.74) is 0.305. The Balaban J connectivity index is 2.62. The van der Waals surface area contributed by atoms with Gasteiger partial charge >= 0.3 is 0 Å². The van der Waals surface area contributed by atoms with Crippen LogP contribution in [0.1, 0.15) is 40.4 Å². The van der Waals surface area contributed by atoms with Crippen molar-refractivity contribution in [1.82, 2.24) is 4.98 Å². The highest BCUT2D eigenvalue weighted by molar-refractivity contribution is 14.1. The molecule has 0 amide bonds. The molecular weight excluding hydrogens is 321 g/mol. The highest BCUT2D eigenvalue weighted by atomic mass is 127. The van der Waals surface area contributed by atoms with Crippen molar-refractivity contribution in [3.8, 4) is 0 Å². The number of oxazole rings is 1. The van der Waals surface area contributed by atoms with Crippen molar-refractivity contribution < 1.29 is 4.42 Å². The van der Waals surface area contributed by atoms with Gasteiger partial charge in [-0.2, -0.15) is 0 Å². The van der Waals surface area contributed by atoms with Crippen LogP contribution < -0.4 is 0 Å². The number of hydrogen-bond acceptors (Lipinski definition) is 3. The lowest BCUT2D eigenvalue weighted by molar-refractivity contribution is 0.395. The molecule has 1 rings (SSSR count). The Morgan fingerprint density at radius 1 is 1.33 bits per heavy atom. The van der Waals surface area contributed by atoms with Gasteiger partial charge in [0.15, 0.2) is 0 Å². The van der Waals surface area contributed by atoms with E-state index in [1.54, 1.807) is 11.8 Å². The predicted molar refractivity (Wildman–Crippen MR) is 73.7 cm³/mol. The molecule has 0 unspecified atom stereocenters. The number of aromatic nitrogens is 1. The lowest BCUT2D eigenvalue weighted by Crippen LogP contribution is -2.07. The largest absolute Gasteiger partial charge is 0.435 e. The summed E-state index contributed by atoms with van der Waals surface area (Å²) in [5.74, 6) is 1.97. The molecule has 0 aromatic carbocycles. The third-order valence-corrected chi connectivity index (χ3v) is 3.68. The second-order valence-corrected chi connectivity index (χ2v) is 8.94. The molecule has 1 aromatic rings. The van der Waals surface area contributed by atoms with E-state index in [9.17, 15) is 0 Å². The van der Waals surface area contributed by atoms with Gasteiger partial charge in [-0.3, -0.25) is 0 Å². The summed E-state index contributed by atoms with van der Waals surface area (Å²) in [6.45, 7) is 10.9. The molecule has 0 fully saturated rings. The number of hydrogen-bond donors (Lipinski definition) is 0. The summed E-state index contributed by atoms with van der Waals surface area (Å²) in [7, 11) is 0. The van der Waals surface area contributed by atoms with Crippen LogP contribution in [-0.2, 0) is 3.42 Å². The van der Waals surface area contributed by atoms with Gasteiger partial charge in [0.25, 0.3) is 5.22 Å². The Labute approximate surface area is 110 Å². The van der Waals surface area contributed by atoms with E-state index in [-0.39, 0.29) is 3.42 Å². The fourth-order valence-electron chi connectivity index (χ4n) is 0.878. The Hall–Kier alpha value is 0.290. The molecule has 0 bridgehead atoms. The highest BCUT2D eigenvalue weighted by Crippen LogP contribution is 2.34. The van der Waals surface area contributed by atoms with Crippen LogP contribution in [0.4, 0.5) is 0 Å². The fourth-order valence-corrected chi connectivity index (χ4v) is 1.96. The summed E-state index contributed by atoms with van der Waals surface area (Å²) >= 11 is 4.04. The Morgan fingerprint density at radius 3 is 2.33 bits per heavy atom. The van der Waals surface area contributed by atoms with Gasteiger partial charge in [0.2, 0.25) is 0 Å². The molecule has 1 heterocycles. The van der Waals surface area contributed by atoms with Crippen LogP contribution in [0.15, 0.2) is 15.8 Å². The van der Waals surface area contributed by atoms with Crippen LogP contribution in [0.3, 0.4) is 0 Å². The van der Waals surface area contributed by atoms with Gasteiger partial charge in [-0.05, 0) is 19.3 Å². The average Bonchev–Trinajstić information content (AvgIpc) is 2.45. The van der Waals surface area contributed by atoms with Crippen molar-refractivity contribution in [1.29, 1.82) is 0 Å². The highest BCUT2D eigenvalue weighted by Gasteiger charge is 2.22. The Morgan fingerprint density at radius 2 is 1.93 bits per heavy atom. The van der Waals surface area contributed by atoms with Gasteiger partial charge in [-0.1, -0.05) is 55.1 Å². The third kappa shape index (κ3) is 4.76. The van der Waals surface area contributed by atoms with E-state index in [4.69, 9.17) is 4.42 Å². The first-order chi connectivity index (χ1) is 6.68. The Bertz CT molecular complexity index is 322. The van der Waals surface area contributed by atoms with Crippen LogP contribution >= 0.6 is 34.4 Å². The van der Waals surface area contributed by atoms with Crippen molar-refractivity contribution in [3.05, 3.63) is 12.0 Å². The molecule has 0 aliphatic rings. The number of alkyl halides is 1. The van der Waals surface area contributed by atoms with Gasteiger partial charge in [0, 0.05) is 5.75 Å². The first kappa shape index (κ1) is 13.4. The molecule has 86 valence electrons. The number of thioether (sulfide) groups is 1. The maximum absolute atomic E-state index is 5.69. The zero-order valence-electron chi connectivity index (χ0n) is 9.93. The minimum Gasteiger partial charge on any atom is -0.435 e. The monoisotopic (exact) mass is 339 g/mol. The molecule has 0 atom stereocenters. The topological polar surface area (TPSA) is 26.0 Å². The normalized spacial score (nSPS) is 13.2. The van der Waals surface area contributed by atoms with Crippen molar-refractivity contribution in [3.63, 3.8) is 0 Å². The molecule has 0 aliphatic heterocycles. The number of rotatable bonds is 3. The molecule has 0 saturated heterocycles. The summed E-state index contributed by atoms with van der Waals surface area (Å²) in [4.78, 5) is 4.28. The standard InChI is InChI=1S/C11H18INOS/c1-10(2,3)7-15-9-13-6-8(14-9)11(4,5)12/h6H,7H2,1-5H3. The quantitative estimate of drug-likeness (QED) is 0.461. The lowest BCUT2D eigenvalue weighted by Gasteiger charge is -2.15. The first-order valence-corrected chi connectivity index (χ1v) is 7.03. The van der Waals surface area contributed by atoms with Crippen LogP contribution in [0.2, 0.25) is 0 Å². The second-order valence-electron chi connectivity index (χ2n) is 5.31. The molecule has 0 saturated carbocycles.